The van der Waals surface area contributed by atoms with Crippen molar-refractivity contribution in [1.29, 1.82) is 0 Å². The molecule has 0 heterocycles. The van der Waals surface area contributed by atoms with Crippen molar-refractivity contribution in [1.82, 2.24) is 5.32 Å². The summed E-state index contributed by atoms with van der Waals surface area (Å²) in [5, 5.41) is 11.7. The number of rotatable bonds is 7. The average Bonchev–Trinajstić information content (AvgIpc) is 2.37. The van der Waals surface area contributed by atoms with Gasteiger partial charge in [-0.15, -0.1) is 0 Å². The number of carboxylic acids is 1. The number of aliphatic carboxylic acids is 1. The smallest absolute Gasteiger partial charge is 0.326 e. The lowest BCUT2D eigenvalue weighted by Crippen LogP contribution is -2.42. The van der Waals surface area contributed by atoms with Crippen LogP contribution in [0.25, 0.3) is 0 Å². The first-order chi connectivity index (χ1) is 9.04. The number of halogens is 1. The van der Waals surface area contributed by atoms with Crippen molar-refractivity contribution in [3.8, 4) is 5.75 Å². The maximum Gasteiger partial charge on any atom is 0.326 e. The van der Waals surface area contributed by atoms with Gasteiger partial charge in [0.15, 0.2) is 6.61 Å². The minimum Gasteiger partial charge on any atom is -0.482 e. The summed E-state index contributed by atoms with van der Waals surface area (Å²) in [6.07, 6.45) is 1.05. The fourth-order valence-electron chi connectivity index (χ4n) is 1.49. The van der Waals surface area contributed by atoms with Gasteiger partial charge in [0.1, 0.15) is 11.8 Å². The van der Waals surface area contributed by atoms with E-state index in [0.29, 0.717) is 23.6 Å². The molecule has 104 valence electrons. The molecule has 0 saturated heterocycles. The molecule has 0 bridgehead atoms. The third-order valence-corrected chi connectivity index (χ3v) is 2.72. The number of para-hydroxylation sites is 1. The third kappa shape index (κ3) is 5.18. The molecule has 0 aliphatic rings. The Bertz CT molecular complexity index is 450. The maximum atomic E-state index is 11.6. The van der Waals surface area contributed by atoms with Crippen LogP contribution in [0.5, 0.6) is 5.75 Å². The Morgan fingerprint density at radius 1 is 1.42 bits per heavy atom. The number of hydrogen-bond donors (Lipinski definition) is 2. The Morgan fingerprint density at radius 3 is 2.68 bits per heavy atom. The first-order valence-electron chi connectivity index (χ1n) is 5.94. The molecule has 6 heteroatoms. The Kier molecular flexibility index (Phi) is 6.15. The van der Waals surface area contributed by atoms with Crippen LogP contribution in [0.2, 0.25) is 5.02 Å². The van der Waals surface area contributed by atoms with Crippen molar-refractivity contribution in [3.63, 3.8) is 0 Å². The molecule has 2 N–H and O–H groups in total. The summed E-state index contributed by atoms with van der Waals surface area (Å²) >= 11 is 5.86. The highest BCUT2D eigenvalue weighted by Crippen LogP contribution is 2.22. The Balaban J connectivity index is 2.47. The molecule has 1 atom stereocenters. The SMILES string of the molecule is CCC[C@@H](NC(=O)COc1ccccc1Cl)C(=O)O. The van der Waals surface area contributed by atoms with Gasteiger partial charge in [-0.2, -0.15) is 0 Å². The van der Waals surface area contributed by atoms with Crippen LogP contribution in [0.4, 0.5) is 0 Å². The molecular formula is C13H16ClNO4. The van der Waals surface area contributed by atoms with E-state index in [1.807, 2.05) is 6.92 Å². The Labute approximate surface area is 116 Å². The van der Waals surface area contributed by atoms with E-state index < -0.39 is 17.9 Å². The zero-order chi connectivity index (χ0) is 14.3. The maximum absolute atomic E-state index is 11.6. The van der Waals surface area contributed by atoms with Crippen molar-refractivity contribution in [2.24, 2.45) is 0 Å². The van der Waals surface area contributed by atoms with Crippen LogP contribution in [-0.4, -0.2) is 29.6 Å². The summed E-state index contributed by atoms with van der Waals surface area (Å²) < 4.78 is 5.22. The summed E-state index contributed by atoms with van der Waals surface area (Å²) in [7, 11) is 0. The highest BCUT2D eigenvalue weighted by molar-refractivity contribution is 6.32. The fraction of sp³-hybridized carbons (Fsp3) is 0.385. The average molecular weight is 286 g/mol. The number of benzene rings is 1. The van der Waals surface area contributed by atoms with Crippen molar-refractivity contribution in [3.05, 3.63) is 29.3 Å². The standard InChI is InChI=1S/C13H16ClNO4/c1-2-5-10(13(17)18)15-12(16)8-19-11-7-4-3-6-9(11)14/h3-4,6-7,10H,2,5,8H2,1H3,(H,15,16)(H,17,18)/t10-/m1/s1. The molecule has 0 radical (unpaired) electrons. The monoisotopic (exact) mass is 285 g/mol. The minimum absolute atomic E-state index is 0.267. The molecule has 0 aliphatic carbocycles. The van der Waals surface area contributed by atoms with E-state index in [9.17, 15) is 9.59 Å². The number of ether oxygens (including phenoxy) is 1. The van der Waals surface area contributed by atoms with E-state index in [0.717, 1.165) is 0 Å². The van der Waals surface area contributed by atoms with E-state index in [4.69, 9.17) is 21.4 Å². The second kappa shape index (κ2) is 7.63. The molecule has 19 heavy (non-hydrogen) atoms. The summed E-state index contributed by atoms with van der Waals surface area (Å²) in [6, 6.07) is 5.88. The van der Waals surface area contributed by atoms with Crippen LogP contribution in [0.3, 0.4) is 0 Å². The van der Waals surface area contributed by atoms with Gasteiger partial charge in [-0.3, -0.25) is 4.79 Å². The number of carbonyl (C=O) groups is 2. The van der Waals surface area contributed by atoms with Crippen LogP contribution < -0.4 is 10.1 Å². The third-order valence-electron chi connectivity index (χ3n) is 2.41. The van der Waals surface area contributed by atoms with Gasteiger partial charge in [0.05, 0.1) is 5.02 Å². The molecule has 1 aromatic carbocycles. The molecule has 5 nitrogen and oxygen atoms in total. The number of amides is 1. The summed E-state index contributed by atoms with van der Waals surface area (Å²) in [5.74, 6) is -1.14. The molecule has 1 aromatic rings. The van der Waals surface area contributed by atoms with Gasteiger partial charge >= 0.3 is 5.97 Å². The number of hydrogen-bond acceptors (Lipinski definition) is 3. The van der Waals surface area contributed by atoms with E-state index in [-0.39, 0.29) is 6.61 Å². The second-order valence-corrected chi connectivity index (χ2v) is 4.37. The topological polar surface area (TPSA) is 75.6 Å². The van der Waals surface area contributed by atoms with Gasteiger partial charge in [0, 0.05) is 0 Å². The van der Waals surface area contributed by atoms with Crippen LogP contribution >= 0.6 is 11.6 Å². The lowest BCUT2D eigenvalue weighted by atomic mass is 10.2. The largest absolute Gasteiger partial charge is 0.482 e. The van der Waals surface area contributed by atoms with Gasteiger partial charge in [0.25, 0.3) is 5.91 Å². The predicted molar refractivity (Wildman–Crippen MR) is 71.4 cm³/mol. The molecule has 1 amide bonds. The van der Waals surface area contributed by atoms with E-state index in [1.165, 1.54) is 0 Å². The Hall–Kier alpha value is -1.75. The van der Waals surface area contributed by atoms with Crippen LogP contribution in [0.1, 0.15) is 19.8 Å². The van der Waals surface area contributed by atoms with Gasteiger partial charge in [-0.25, -0.2) is 4.79 Å². The van der Waals surface area contributed by atoms with E-state index in [2.05, 4.69) is 5.32 Å². The normalized spacial score (nSPS) is 11.7. The molecule has 0 aromatic heterocycles. The Morgan fingerprint density at radius 2 is 2.11 bits per heavy atom. The fourth-order valence-corrected chi connectivity index (χ4v) is 1.68. The molecule has 0 fully saturated rings. The minimum atomic E-state index is -1.05. The van der Waals surface area contributed by atoms with Crippen molar-refractivity contribution in [2.75, 3.05) is 6.61 Å². The quantitative estimate of drug-likeness (QED) is 0.804. The van der Waals surface area contributed by atoms with Crippen molar-refractivity contribution < 1.29 is 19.4 Å². The van der Waals surface area contributed by atoms with Crippen LogP contribution in [0, 0.1) is 0 Å². The zero-order valence-electron chi connectivity index (χ0n) is 10.6. The highest BCUT2D eigenvalue weighted by atomic mass is 35.5. The first-order valence-corrected chi connectivity index (χ1v) is 6.32. The van der Waals surface area contributed by atoms with E-state index in [1.54, 1.807) is 24.3 Å². The van der Waals surface area contributed by atoms with Crippen molar-refractivity contribution in [2.45, 2.75) is 25.8 Å². The molecule has 1 rings (SSSR count). The lowest BCUT2D eigenvalue weighted by Gasteiger charge is -2.14. The predicted octanol–water partition coefficient (Wildman–Crippen LogP) is 2.09. The van der Waals surface area contributed by atoms with Crippen molar-refractivity contribution >= 4 is 23.5 Å². The van der Waals surface area contributed by atoms with Gasteiger partial charge < -0.3 is 15.2 Å². The van der Waals surface area contributed by atoms with Gasteiger partial charge in [-0.05, 0) is 18.6 Å². The number of carbonyl (C=O) groups excluding carboxylic acids is 1. The first kappa shape index (κ1) is 15.3. The molecule has 0 spiro atoms. The summed E-state index contributed by atoms with van der Waals surface area (Å²) in [6.45, 7) is 1.58. The van der Waals surface area contributed by atoms with E-state index >= 15 is 0 Å². The molecule has 0 saturated carbocycles. The number of carboxylic acid groups (broad SMARTS) is 1. The molecule has 0 unspecified atom stereocenters. The summed E-state index contributed by atoms with van der Waals surface area (Å²) in [4.78, 5) is 22.5. The van der Waals surface area contributed by atoms with Gasteiger partial charge in [0.2, 0.25) is 0 Å². The second-order valence-electron chi connectivity index (χ2n) is 3.97. The lowest BCUT2D eigenvalue weighted by molar-refractivity contribution is -0.142. The molecular weight excluding hydrogens is 270 g/mol. The zero-order valence-corrected chi connectivity index (χ0v) is 11.3. The van der Waals surface area contributed by atoms with Crippen LogP contribution in [-0.2, 0) is 9.59 Å². The highest BCUT2D eigenvalue weighted by Gasteiger charge is 2.18. The number of nitrogens with one attached hydrogen (secondary N) is 1. The van der Waals surface area contributed by atoms with Crippen LogP contribution in [0.15, 0.2) is 24.3 Å². The van der Waals surface area contributed by atoms with Gasteiger partial charge in [-0.1, -0.05) is 37.1 Å². The molecule has 0 aliphatic heterocycles. The summed E-state index contributed by atoms with van der Waals surface area (Å²) in [5.41, 5.74) is 0.